The summed E-state index contributed by atoms with van der Waals surface area (Å²) in [5.41, 5.74) is 1.69. The van der Waals surface area contributed by atoms with Gasteiger partial charge in [0, 0.05) is 26.1 Å². The van der Waals surface area contributed by atoms with Crippen LogP contribution in [-0.2, 0) is 6.42 Å². The van der Waals surface area contributed by atoms with Crippen molar-refractivity contribution in [3.05, 3.63) is 70.6 Å². The second-order valence-electron chi connectivity index (χ2n) is 5.20. The summed E-state index contributed by atoms with van der Waals surface area (Å²) < 4.78 is 1.21. The van der Waals surface area contributed by atoms with E-state index in [0.29, 0.717) is 0 Å². The van der Waals surface area contributed by atoms with Gasteiger partial charge in [-0.2, -0.15) is 0 Å². The predicted octanol–water partition coefficient (Wildman–Crippen LogP) is 5.47. The summed E-state index contributed by atoms with van der Waals surface area (Å²) in [5.74, 6) is 0.152. The Morgan fingerprint density at radius 3 is 2.48 bits per heavy atom. The van der Waals surface area contributed by atoms with Gasteiger partial charge < -0.3 is 0 Å². The van der Waals surface area contributed by atoms with Crippen molar-refractivity contribution in [1.29, 1.82) is 0 Å². The number of rotatable bonds is 5. The number of carbonyl (C=O) groups excluding carboxylic acids is 1. The molecule has 0 saturated carbocycles. The van der Waals surface area contributed by atoms with Gasteiger partial charge in [0.15, 0.2) is 5.78 Å². The predicted molar refractivity (Wildman–Crippen MR) is 90.3 cm³/mol. The van der Waals surface area contributed by atoms with Crippen molar-refractivity contribution in [3.63, 3.8) is 0 Å². The van der Waals surface area contributed by atoms with E-state index in [9.17, 15) is 4.79 Å². The van der Waals surface area contributed by atoms with Crippen LogP contribution in [0, 0.1) is 0 Å². The van der Waals surface area contributed by atoms with E-state index in [4.69, 9.17) is 0 Å². The molecule has 0 aliphatic rings. The summed E-state index contributed by atoms with van der Waals surface area (Å²) in [7, 11) is 0. The van der Waals surface area contributed by atoms with E-state index in [-0.39, 0.29) is 5.78 Å². The summed E-state index contributed by atoms with van der Waals surface area (Å²) in [4.78, 5) is 14.1. The fourth-order valence-corrected chi connectivity index (χ4v) is 3.84. The van der Waals surface area contributed by atoms with Crippen LogP contribution in [0.1, 0.15) is 40.6 Å². The Balaban J connectivity index is 2.12. The van der Waals surface area contributed by atoms with E-state index < -0.39 is 0 Å². The maximum absolute atomic E-state index is 12.9. The molecule has 0 radical (unpaired) electrons. The summed E-state index contributed by atoms with van der Waals surface area (Å²) in [6.45, 7) is 2.19. The summed E-state index contributed by atoms with van der Waals surface area (Å²) in [6.07, 6.45) is 3.26. The van der Waals surface area contributed by atoms with Gasteiger partial charge in [0.25, 0.3) is 0 Å². The maximum Gasteiger partial charge on any atom is 0.194 e. The molecule has 1 aromatic heterocycles. The van der Waals surface area contributed by atoms with Gasteiger partial charge in [0.05, 0.1) is 0 Å². The van der Waals surface area contributed by atoms with Crippen molar-refractivity contribution in [2.24, 2.45) is 0 Å². The SMILES string of the molecule is CCCCc1sc2ccccc2c1C(=O)c1ccccc1. The molecule has 0 atom stereocenters. The Morgan fingerprint density at radius 2 is 1.71 bits per heavy atom. The molecule has 0 bridgehead atoms. The van der Waals surface area contributed by atoms with Crippen LogP contribution in [0.15, 0.2) is 54.6 Å². The summed E-state index contributed by atoms with van der Waals surface area (Å²) in [6, 6.07) is 17.8. The zero-order chi connectivity index (χ0) is 14.7. The molecular formula is C19H18OS. The van der Waals surface area contributed by atoms with Crippen LogP contribution >= 0.6 is 11.3 Å². The zero-order valence-corrected chi connectivity index (χ0v) is 13.0. The van der Waals surface area contributed by atoms with Gasteiger partial charge in [-0.15, -0.1) is 11.3 Å². The van der Waals surface area contributed by atoms with Crippen LogP contribution in [0.25, 0.3) is 10.1 Å². The molecule has 0 spiro atoms. The molecule has 0 aliphatic carbocycles. The third-order valence-corrected chi connectivity index (χ3v) is 4.92. The zero-order valence-electron chi connectivity index (χ0n) is 12.1. The highest BCUT2D eigenvalue weighted by molar-refractivity contribution is 7.19. The highest BCUT2D eigenvalue weighted by atomic mass is 32.1. The average Bonchev–Trinajstić information content (AvgIpc) is 2.91. The van der Waals surface area contributed by atoms with E-state index in [1.165, 1.54) is 9.58 Å². The molecule has 2 aromatic carbocycles. The molecule has 3 aromatic rings. The number of unbranched alkanes of at least 4 members (excludes halogenated alkanes) is 1. The van der Waals surface area contributed by atoms with E-state index in [1.54, 1.807) is 11.3 Å². The van der Waals surface area contributed by atoms with Gasteiger partial charge >= 0.3 is 0 Å². The fraction of sp³-hybridized carbons (Fsp3) is 0.211. The number of hydrogen-bond donors (Lipinski definition) is 0. The molecule has 2 heteroatoms. The van der Waals surface area contributed by atoms with Crippen LogP contribution in [-0.4, -0.2) is 5.78 Å². The van der Waals surface area contributed by atoms with Crippen LogP contribution in [0.3, 0.4) is 0 Å². The minimum Gasteiger partial charge on any atom is -0.289 e. The van der Waals surface area contributed by atoms with E-state index >= 15 is 0 Å². The van der Waals surface area contributed by atoms with Crippen LogP contribution < -0.4 is 0 Å². The summed E-state index contributed by atoms with van der Waals surface area (Å²) >= 11 is 1.77. The fourth-order valence-electron chi connectivity index (χ4n) is 2.59. The molecule has 0 saturated heterocycles. The van der Waals surface area contributed by atoms with Crippen molar-refractivity contribution in [3.8, 4) is 0 Å². The van der Waals surface area contributed by atoms with Crippen molar-refractivity contribution in [2.75, 3.05) is 0 Å². The number of aryl methyl sites for hydroxylation is 1. The molecule has 0 aliphatic heterocycles. The number of hydrogen-bond acceptors (Lipinski definition) is 2. The average molecular weight is 294 g/mol. The minimum atomic E-state index is 0.152. The van der Waals surface area contributed by atoms with Gasteiger partial charge in [-0.25, -0.2) is 0 Å². The van der Waals surface area contributed by atoms with Crippen molar-refractivity contribution >= 4 is 27.2 Å². The van der Waals surface area contributed by atoms with Crippen LogP contribution in [0.4, 0.5) is 0 Å². The van der Waals surface area contributed by atoms with E-state index in [0.717, 1.165) is 35.8 Å². The van der Waals surface area contributed by atoms with Gasteiger partial charge in [-0.3, -0.25) is 4.79 Å². The highest BCUT2D eigenvalue weighted by Crippen LogP contribution is 2.33. The topological polar surface area (TPSA) is 17.1 Å². The molecule has 3 rings (SSSR count). The number of fused-ring (bicyclic) bond motifs is 1. The van der Waals surface area contributed by atoms with Gasteiger partial charge in [-0.1, -0.05) is 61.9 Å². The maximum atomic E-state index is 12.9. The molecular weight excluding hydrogens is 276 g/mol. The number of ketones is 1. The standard InChI is InChI=1S/C19H18OS/c1-2-3-12-17-18(15-11-7-8-13-16(15)21-17)19(20)14-9-5-4-6-10-14/h4-11,13H,2-3,12H2,1H3. The molecule has 106 valence electrons. The third-order valence-electron chi connectivity index (χ3n) is 3.69. The second kappa shape index (κ2) is 6.23. The monoisotopic (exact) mass is 294 g/mol. The normalized spacial score (nSPS) is 10.9. The van der Waals surface area contributed by atoms with Crippen molar-refractivity contribution < 1.29 is 4.79 Å². The van der Waals surface area contributed by atoms with Crippen molar-refractivity contribution in [1.82, 2.24) is 0 Å². The first-order chi connectivity index (χ1) is 10.3. The summed E-state index contributed by atoms with van der Waals surface area (Å²) in [5, 5.41) is 1.10. The molecule has 0 N–H and O–H groups in total. The van der Waals surface area contributed by atoms with Crippen LogP contribution in [0.2, 0.25) is 0 Å². The van der Waals surface area contributed by atoms with Gasteiger partial charge in [0.1, 0.15) is 0 Å². The van der Waals surface area contributed by atoms with E-state index in [1.807, 2.05) is 42.5 Å². The number of benzene rings is 2. The molecule has 1 nitrogen and oxygen atoms in total. The van der Waals surface area contributed by atoms with Gasteiger partial charge in [-0.05, 0) is 18.9 Å². The lowest BCUT2D eigenvalue weighted by Crippen LogP contribution is -2.03. The first-order valence-electron chi connectivity index (χ1n) is 7.41. The lowest BCUT2D eigenvalue weighted by Gasteiger charge is -2.04. The molecule has 0 fully saturated rings. The Hall–Kier alpha value is -1.93. The Bertz CT molecular complexity index is 756. The Morgan fingerprint density at radius 1 is 1.00 bits per heavy atom. The first-order valence-corrected chi connectivity index (χ1v) is 8.23. The number of carbonyl (C=O) groups is 1. The highest BCUT2D eigenvalue weighted by Gasteiger charge is 2.19. The number of thiophene rings is 1. The Kier molecular flexibility index (Phi) is 4.16. The van der Waals surface area contributed by atoms with Crippen LogP contribution in [0.5, 0.6) is 0 Å². The molecule has 21 heavy (non-hydrogen) atoms. The lowest BCUT2D eigenvalue weighted by molar-refractivity contribution is 0.104. The smallest absolute Gasteiger partial charge is 0.194 e. The molecule has 1 heterocycles. The lowest BCUT2D eigenvalue weighted by atomic mass is 9.98. The molecule has 0 amide bonds. The first kappa shape index (κ1) is 14.0. The van der Waals surface area contributed by atoms with Crippen molar-refractivity contribution in [2.45, 2.75) is 26.2 Å². The largest absolute Gasteiger partial charge is 0.289 e. The second-order valence-corrected chi connectivity index (χ2v) is 6.33. The third kappa shape index (κ3) is 2.77. The quantitative estimate of drug-likeness (QED) is 0.570. The van der Waals surface area contributed by atoms with E-state index in [2.05, 4.69) is 19.1 Å². The van der Waals surface area contributed by atoms with Gasteiger partial charge in [0.2, 0.25) is 0 Å². The molecule has 0 unspecified atom stereocenters. The Labute approximate surface area is 129 Å². The minimum absolute atomic E-state index is 0.152.